The van der Waals surface area contributed by atoms with Gasteiger partial charge in [-0.3, -0.25) is 10.1 Å². The van der Waals surface area contributed by atoms with E-state index in [4.69, 9.17) is 10.5 Å². The number of anilines is 1. The summed E-state index contributed by atoms with van der Waals surface area (Å²) in [7, 11) is 1.47. The zero-order valence-electron chi connectivity index (χ0n) is 11.8. The van der Waals surface area contributed by atoms with E-state index in [0.717, 1.165) is 0 Å². The van der Waals surface area contributed by atoms with E-state index < -0.39 is 4.92 Å². The Hall–Kier alpha value is -3.00. The number of ether oxygens (including phenoxy) is 1. The zero-order valence-corrected chi connectivity index (χ0v) is 11.8. The van der Waals surface area contributed by atoms with Gasteiger partial charge in [-0.15, -0.1) is 0 Å². The summed E-state index contributed by atoms with van der Waals surface area (Å²) in [5.74, 6) is 0.426. The van der Waals surface area contributed by atoms with E-state index in [1.807, 2.05) is 0 Å². The van der Waals surface area contributed by atoms with Gasteiger partial charge in [0.15, 0.2) is 0 Å². The molecule has 22 heavy (non-hydrogen) atoms. The van der Waals surface area contributed by atoms with Crippen molar-refractivity contribution in [3.8, 4) is 5.75 Å². The van der Waals surface area contributed by atoms with Gasteiger partial charge in [0.05, 0.1) is 35.7 Å². The molecule has 0 saturated heterocycles. The Morgan fingerprint density at radius 1 is 1.27 bits per heavy atom. The van der Waals surface area contributed by atoms with Crippen LogP contribution in [0.25, 0.3) is 0 Å². The SMILES string of the molecule is COc1cc(N=Nc2ccc([N+](=O)[O-])cc2)c(CO)cc1N. The molecule has 0 aliphatic rings. The van der Waals surface area contributed by atoms with Gasteiger partial charge in [0, 0.05) is 23.8 Å². The van der Waals surface area contributed by atoms with Crippen LogP contribution in [0.5, 0.6) is 5.75 Å². The number of hydrogen-bond donors (Lipinski definition) is 2. The molecule has 0 aliphatic heterocycles. The Bertz CT molecular complexity index is 714. The third-order valence-corrected chi connectivity index (χ3v) is 2.94. The van der Waals surface area contributed by atoms with Crippen molar-refractivity contribution in [1.82, 2.24) is 0 Å². The quantitative estimate of drug-likeness (QED) is 0.380. The number of non-ortho nitro benzene ring substituents is 1. The molecule has 0 fully saturated rings. The predicted octanol–water partition coefficient (Wildman–Crippen LogP) is 3.09. The lowest BCUT2D eigenvalue weighted by molar-refractivity contribution is -0.384. The Labute approximate surface area is 126 Å². The first-order valence-electron chi connectivity index (χ1n) is 6.28. The van der Waals surface area contributed by atoms with E-state index in [1.54, 1.807) is 12.1 Å². The number of azo groups is 1. The minimum Gasteiger partial charge on any atom is -0.495 e. The topological polar surface area (TPSA) is 123 Å². The minimum absolute atomic E-state index is 0.0239. The Morgan fingerprint density at radius 2 is 1.95 bits per heavy atom. The van der Waals surface area contributed by atoms with Crippen LogP contribution in [0.3, 0.4) is 0 Å². The van der Waals surface area contributed by atoms with Crippen LogP contribution < -0.4 is 10.5 Å². The fourth-order valence-electron chi connectivity index (χ4n) is 1.78. The maximum absolute atomic E-state index is 10.6. The molecule has 0 bridgehead atoms. The third kappa shape index (κ3) is 3.36. The van der Waals surface area contributed by atoms with Crippen LogP contribution in [0.1, 0.15) is 5.56 Å². The van der Waals surface area contributed by atoms with E-state index in [-0.39, 0.29) is 12.3 Å². The fourth-order valence-corrected chi connectivity index (χ4v) is 1.78. The molecule has 0 aliphatic carbocycles. The summed E-state index contributed by atoms with van der Waals surface area (Å²) in [6.45, 7) is -0.247. The molecule has 0 heterocycles. The fraction of sp³-hybridized carbons (Fsp3) is 0.143. The number of methoxy groups -OCH3 is 1. The van der Waals surface area contributed by atoms with Crippen molar-refractivity contribution >= 4 is 22.7 Å². The van der Waals surface area contributed by atoms with Gasteiger partial charge in [0.1, 0.15) is 5.75 Å². The van der Waals surface area contributed by atoms with Gasteiger partial charge in [-0.2, -0.15) is 10.2 Å². The van der Waals surface area contributed by atoms with Crippen molar-refractivity contribution in [2.24, 2.45) is 10.2 Å². The summed E-state index contributed by atoms with van der Waals surface area (Å²) in [6, 6.07) is 8.76. The summed E-state index contributed by atoms with van der Waals surface area (Å²) in [4.78, 5) is 10.1. The predicted molar refractivity (Wildman–Crippen MR) is 80.6 cm³/mol. The minimum atomic E-state index is -0.490. The number of nitrogens with zero attached hydrogens (tertiary/aromatic N) is 3. The molecule has 3 N–H and O–H groups in total. The molecule has 0 aromatic heterocycles. The Balaban J connectivity index is 2.30. The molecular weight excluding hydrogens is 288 g/mol. The highest BCUT2D eigenvalue weighted by molar-refractivity contribution is 5.63. The van der Waals surface area contributed by atoms with Crippen LogP contribution in [0.4, 0.5) is 22.7 Å². The van der Waals surface area contributed by atoms with Crippen LogP contribution in [-0.2, 0) is 6.61 Å². The van der Waals surface area contributed by atoms with Crippen LogP contribution in [0, 0.1) is 10.1 Å². The lowest BCUT2D eigenvalue weighted by atomic mass is 10.1. The molecule has 114 valence electrons. The van der Waals surface area contributed by atoms with E-state index in [2.05, 4.69) is 10.2 Å². The molecule has 2 rings (SSSR count). The van der Waals surface area contributed by atoms with Crippen LogP contribution in [-0.4, -0.2) is 17.1 Å². The third-order valence-electron chi connectivity index (χ3n) is 2.94. The second-order valence-electron chi connectivity index (χ2n) is 4.35. The van der Waals surface area contributed by atoms with Crippen LogP contribution in [0.15, 0.2) is 46.6 Å². The molecular formula is C14H14N4O4. The Kier molecular flexibility index (Phi) is 4.64. The molecule has 0 amide bonds. The second kappa shape index (κ2) is 6.64. The van der Waals surface area contributed by atoms with Crippen LogP contribution in [0.2, 0.25) is 0 Å². The van der Waals surface area contributed by atoms with Gasteiger partial charge < -0.3 is 15.6 Å². The summed E-state index contributed by atoms with van der Waals surface area (Å²) in [6.07, 6.45) is 0. The molecule has 0 unspecified atom stereocenters. The first kappa shape index (κ1) is 15.4. The van der Waals surface area contributed by atoms with Crippen molar-refractivity contribution in [1.29, 1.82) is 0 Å². The van der Waals surface area contributed by atoms with Gasteiger partial charge >= 0.3 is 0 Å². The maximum Gasteiger partial charge on any atom is 0.269 e. The number of nitrogen functional groups attached to an aromatic ring is 1. The highest BCUT2D eigenvalue weighted by atomic mass is 16.6. The standard InChI is InChI=1S/C14H14N4O4/c1-22-14-7-13(9(8-19)6-12(14)15)17-16-10-2-4-11(5-3-10)18(20)21/h2-7,19H,8,15H2,1H3. The second-order valence-corrected chi connectivity index (χ2v) is 4.35. The number of benzene rings is 2. The van der Waals surface area contributed by atoms with Crippen LogP contribution >= 0.6 is 0 Å². The number of nitrogens with two attached hydrogens (primary N) is 1. The summed E-state index contributed by atoms with van der Waals surface area (Å²) >= 11 is 0. The average Bonchev–Trinajstić information content (AvgIpc) is 2.53. The molecule has 0 atom stereocenters. The molecule has 0 radical (unpaired) electrons. The number of nitro groups is 1. The molecule has 0 spiro atoms. The number of aliphatic hydroxyl groups excluding tert-OH is 1. The summed E-state index contributed by atoms with van der Waals surface area (Å²) in [5.41, 5.74) is 7.48. The van der Waals surface area contributed by atoms with Crippen molar-refractivity contribution in [2.75, 3.05) is 12.8 Å². The normalized spacial score (nSPS) is 10.8. The van der Waals surface area contributed by atoms with Gasteiger partial charge in [0.2, 0.25) is 0 Å². The lowest BCUT2D eigenvalue weighted by Crippen LogP contribution is -1.95. The van der Waals surface area contributed by atoms with E-state index in [9.17, 15) is 15.2 Å². The molecule has 8 heteroatoms. The summed E-state index contributed by atoms with van der Waals surface area (Å²) < 4.78 is 5.10. The van der Waals surface area contributed by atoms with E-state index in [0.29, 0.717) is 28.4 Å². The average molecular weight is 302 g/mol. The molecule has 0 saturated carbocycles. The number of rotatable bonds is 5. The smallest absolute Gasteiger partial charge is 0.269 e. The molecule has 8 nitrogen and oxygen atoms in total. The summed E-state index contributed by atoms with van der Waals surface area (Å²) in [5, 5.41) is 27.9. The van der Waals surface area contributed by atoms with Crippen molar-refractivity contribution in [2.45, 2.75) is 6.61 Å². The van der Waals surface area contributed by atoms with Crippen molar-refractivity contribution in [3.63, 3.8) is 0 Å². The maximum atomic E-state index is 10.6. The van der Waals surface area contributed by atoms with E-state index >= 15 is 0 Å². The zero-order chi connectivity index (χ0) is 16.1. The van der Waals surface area contributed by atoms with Gasteiger partial charge in [-0.05, 0) is 18.2 Å². The van der Waals surface area contributed by atoms with Gasteiger partial charge in [0.25, 0.3) is 5.69 Å². The number of nitro benzene ring substituents is 1. The van der Waals surface area contributed by atoms with Gasteiger partial charge in [-0.25, -0.2) is 0 Å². The highest BCUT2D eigenvalue weighted by Gasteiger charge is 2.08. The van der Waals surface area contributed by atoms with Crippen molar-refractivity contribution in [3.05, 3.63) is 52.1 Å². The highest BCUT2D eigenvalue weighted by Crippen LogP contribution is 2.32. The molecule has 2 aromatic rings. The van der Waals surface area contributed by atoms with Crippen molar-refractivity contribution < 1.29 is 14.8 Å². The first-order valence-corrected chi connectivity index (χ1v) is 6.28. The number of hydrogen-bond acceptors (Lipinski definition) is 7. The molecule has 2 aromatic carbocycles. The lowest BCUT2D eigenvalue weighted by Gasteiger charge is -2.08. The Morgan fingerprint density at radius 3 is 2.50 bits per heavy atom. The monoisotopic (exact) mass is 302 g/mol. The number of aliphatic hydroxyl groups is 1. The first-order chi connectivity index (χ1) is 10.5. The van der Waals surface area contributed by atoms with E-state index in [1.165, 1.54) is 31.4 Å². The van der Waals surface area contributed by atoms with Gasteiger partial charge in [-0.1, -0.05) is 0 Å². The largest absolute Gasteiger partial charge is 0.495 e.